The van der Waals surface area contributed by atoms with Crippen LogP contribution in [0, 0.1) is 0 Å². The Bertz CT molecular complexity index is 474. The average molecular weight is 265 g/mol. The zero-order chi connectivity index (χ0) is 12.3. The van der Waals surface area contributed by atoms with E-state index in [0.717, 1.165) is 12.8 Å². The second-order valence-corrected chi connectivity index (χ2v) is 5.38. The summed E-state index contributed by atoms with van der Waals surface area (Å²) in [6.07, 6.45) is 2.09. The fourth-order valence-corrected chi connectivity index (χ4v) is 3.12. The van der Waals surface area contributed by atoms with E-state index in [9.17, 15) is 0 Å². The van der Waals surface area contributed by atoms with Crippen molar-refractivity contribution in [2.75, 3.05) is 0 Å². The molecule has 0 amide bonds. The third-order valence-corrected chi connectivity index (χ3v) is 4.30. The summed E-state index contributed by atoms with van der Waals surface area (Å²) in [5, 5.41) is 4.21. The lowest BCUT2D eigenvalue weighted by Gasteiger charge is -2.14. The Morgan fingerprint density at radius 3 is 2.59 bits per heavy atom. The van der Waals surface area contributed by atoms with E-state index in [-0.39, 0.29) is 5.38 Å². The van der Waals surface area contributed by atoms with Crippen LogP contribution in [0.5, 0.6) is 0 Å². The van der Waals surface area contributed by atoms with Crippen molar-refractivity contribution in [3.8, 4) is 0 Å². The molecule has 0 spiro atoms. The van der Waals surface area contributed by atoms with E-state index in [1.54, 1.807) is 11.3 Å². The quantitative estimate of drug-likeness (QED) is 0.666. The van der Waals surface area contributed by atoms with Crippen molar-refractivity contribution >= 4 is 22.9 Å². The maximum absolute atomic E-state index is 6.59. The number of aryl methyl sites for hydroxylation is 2. The Labute approximate surface area is 112 Å². The highest BCUT2D eigenvalue weighted by Gasteiger charge is 2.14. The number of thiophene rings is 1. The topological polar surface area (TPSA) is 0 Å². The lowest BCUT2D eigenvalue weighted by Crippen LogP contribution is -1.99. The molecule has 0 aliphatic carbocycles. The molecule has 0 saturated carbocycles. The molecule has 0 aliphatic rings. The molecule has 1 unspecified atom stereocenters. The van der Waals surface area contributed by atoms with Gasteiger partial charge in [0.25, 0.3) is 0 Å². The summed E-state index contributed by atoms with van der Waals surface area (Å²) in [7, 11) is 0. The molecule has 2 heteroatoms. The van der Waals surface area contributed by atoms with E-state index in [4.69, 9.17) is 11.6 Å². The predicted molar refractivity (Wildman–Crippen MR) is 77.2 cm³/mol. The predicted octanol–water partition coefficient (Wildman–Crippen LogP) is 5.20. The zero-order valence-electron chi connectivity index (χ0n) is 10.2. The van der Waals surface area contributed by atoms with Crippen LogP contribution in [-0.4, -0.2) is 0 Å². The summed E-state index contributed by atoms with van der Waals surface area (Å²) in [5.74, 6) is 0. The molecule has 0 N–H and O–H groups in total. The molecule has 0 nitrogen and oxygen atoms in total. The second-order valence-electron chi connectivity index (χ2n) is 4.16. The molecule has 2 aromatic rings. The Morgan fingerprint density at radius 2 is 2.00 bits per heavy atom. The van der Waals surface area contributed by atoms with Gasteiger partial charge in [0.1, 0.15) is 0 Å². The van der Waals surface area contributed by atoms with Gasteiger partial charge in [0.15, 0.2) is 0 Å². The molecular weight excluding hydrogens is 248 g/mol. The first-order valence-electron chi connectivity index (χ1n) is 6.04. The number of hydrogen-bond acceptors (Lipinski definition) is 1. The van der Waals surface area contributed by atoms with Crippen molar-refractivity contribution in [1.82, 2.24) is 0 Å². The van der Waals surface area contributed by atoms with E-state index in [0.29, 0.717) is 0 Å². The molecule has 0 radical (unpaired) electrons. The number of alkyl halides is 1. The third kappa shape index (κ3) is 2.72. The minimum atomic E-state index is -0.0114. The van der Waals surface area contributed by atoms with Crippen LogP contribution in [0.4, 0.5) is 0 Å². The molecular formula is C15H17ClS. The number of hydrogen-bond donors (Lipinski definition) is 0. The lowest BCUT2D eigenvalue weighted by molar-refractivity contribution is 1.02. The molecule has 90 valence electrons. The Kier molecular flexibility index (Phi) is 4.25. The number of rotatable bonds is 4. The summed E-state index contributed by atoms with van der Waals surface area (Å²) in [6.45, 7) is 4.36. The van der Waals surface area contributed by atoms with Crippen molar-refractivity contribution in [3.05, 3.63) is 57.3 Å². The fraction of sp³-hybridized carbons (Fsp3) is 0.333. The normalized spacial score (nSPS) is 12.6. The maximum Gasteiger partial charge on any atom is 0.0846 e. The molecule has 17 heavy (non-hydrogen) atoms. The summed E-state index contributed by atoms with van der Waals surface area (Å²) >= 11 is 8.29. The summed E-state index contributed by atoms with van der Waals surface area (Å²) in [4.78, 5) is 0. The number of halogens is 1. The van der Waals surface area contributed by atoms with E-state index in [2.05, 4.69) is 48.9 Å². The van der Waals surface area contributed by atoms with Crippen LogP contribution in [0.15, 0.2) is 35.0 Å². The Morgan fingerprint density at radius 1 is 1.18 bits per heavy atom. The van der Waals surface area contributed by atoms with Crippen LogP contribution < -0.4 is 0 Å². The van der Waals surface area contributed by atoms with Gasteiger partial charge in [0, 0.05) is 0 Å². The average Bonchev–Trinajstić information content (AvgIpc) is 2.91. The van der Waals surface area contributed by atoms with Crippen LogP contribution in [0.2, 0.25) is 0 Å². The smallest absolute Gasteiger partial charge is 0.0846 e. The first-order valence-corrected chi connectivity index (χ1v) is 7.42. The van der Waals surface area contributed by atoms with Crippen LogP contribution >= 0.6 is 22.9 Å². The highest BCUT2D eigenvalue weighted by Crippen LogP contribution is 2.33. The van der Waals surface area contributed by atoms with E-state index < -0.39 is 0 Å². The standard InChI is InChI=1S/C15H17ClS/c1-3-11-5-6-12(4-2)14(9-11)15(16)13-7-8-17-10-13/h5-10,15H,3-4H2,1-2H3. The van der Waals surface area contributed by atoms with Crippen molar-refractivity contribution in [2.24, 2.45) is 0 Å². The van der Waals surface area contributed by atoms with Gasteiger partial charge >= 0.3 is 0 Å². The summed E-state index contributed by atoms with van der Waals surface area (Å²) in [5.41, 5.74) is 5.19. The van der Waals surface area contributed by atoms with Gasteiger partial charge in [-0.15, -0.1) is 11.6 Å². The molecule has 1 aromatic heterocycles. The van der Waals surface area contributed by atoms with E-state index >= 15 is 0 Å². The molecule has 1 atom stereocenters. The largest absolute Gasteiger partial charge is 0.152 e. The van der Waals surface area contributed by atoms with Crippen LogP contribution in [-0.2, 0) is 12.8 Å². The van der Waals surface area contributed by atoms with Gasteiger partial charge in [-0.1, -0.05) is 32.0 Å². The van der Waals surface area contributed by atoms with E-state index in [1.165, 1.54) is 22.3 Å². The molecule has 0 bridgehead atoms. The van der Waals surface area contributed by atoms with Crippen LogP contribution in [0.25, 0.3) is 0 Å². The second kappa shape index (κ2) is 5.70. The summed E-state index contributed by atoms with van der Waals surface area (Å²) in [6, 6.07) is 8.80. The highest BCUT2D eigenvalue weighted by atomic mass is 35.5. The van der Waals surface area contributed by atoms with Gasteiger partial charge in [0.05, 0.1) is 5.38 Å². The van der Waals surface area contributed by atoms with Crippen LogP contribution in [0.1, 0.15) is 41.5 Å². The van der Waals surface area contributed by atoms with Gasteiger partial charge in [0.2, 0.25) is 0 Å². The third-order valence-electron chi connectivity index (χ3n) is 3.11. The molecule has 0 saturated heterocycles. The first kappa shape index (κ1) is 12.7. The SMILES string of the molecule is CCc1ccc(CC)c(C(Cl)c2ccsc2)c1. The van der Waals surface area contributed by atoms with Crippen LogP contribution in [0.3, 0.4) is 0 Å². The fourth-order valence-electron chi connectivity index (χ4n) is 2.02. The van der Waals surface area contributed by atoms with Crippen molar-refractivity contribution in [3.63, 3.8) is 0 Å². The monoisotopic (exact) mass is 264 g/mol. The molecule has 0 aliphatic heterocycles. The molecule has 1 heterocycles. The molecule has 2 rings (SSSR count). The van der Waals surface area contributed by atoms with E-state index in [1.807, 2.05) is 0 Å². The Balaban J connectivity index is 2.41. The lowest BCUT2D eigenvalue weighted by atomic mass is 9.96. The molecule has 1 aromatic carbocycles. The Hall–Kier alpha value is -0.790. The van der Waals surface area contributed by atoms with Gasteiger partial charge in [-0.05, 0) is 51.9 Å². The minimum Gasteiger partial charge on any atom is -0.152 e. The summed E-state index contributed by atoms with van der Waals surface area (Å²) < 4.78 is 0. The maximum atomic E-state index is 6.59. The van der Waals surface area contributed by atoms with Gasteiger partial charge in [-0.25, -0.2) is 0 Å². The first-order chi connectivity index (χ1) is 8.26. The molecule has 0 fully saturated rings. The zero-order valence-corrected chi connectivity index (χ0v) is 11.8. The van der Waals surface area contributed by atoms with Gasteiger partial charge < -0.3 is 0 Å². The van der Waals surface area contributed by atoms with Crippen molar-refractivity contribution in [1.29, 1.82) is 0 Å². The van der Waals surface area contributed by atoms with Crippen molar-refractivity contribution in [2.45, 2.75) is 32.1 Å². The number of benzene rings is 1. The van der Waals surface area contributed by atoms with Crippen molar-refractivity contribution < 1.29 is 0 Å². The highest BCUT2D eigenvalue weighted by molar-refractivity contribution is 7.08. The van der Waals surface area contributed by atoms with Gasteiger partial charge in [-0.3, -0.25) is 0 Å². The minimum absolute atomic E-state index is 0.0114. The van der Waals surface area contributed by atoms with Gasteiger partial charge in [-0.2, -0.15) is 11.3 Å².